The SMILES string of the molecule is Nc1cc(CNC2CC2)c2ccccc2n1. The first kappa shape index (κ1) is 9.60. The summed E-state index contributed by atoms with van der Waals surface area (Å²) >= 11 is 0. The Morgan fingerprint density at radius 3 is 2.94 bits per heavy atom. The van der Waals surface area contributed by atoms with Gasteiger partial charge in [-0.25, -0.2) is 4.98 Å². The molecule has 1 aliphatic carbocycles. The number of nitrogens with two attached hydrogens (primary N) is 1. The van der Waals surface area contributed by atoms with Crippen molar-refractivity contribution in [2.24, 2.45) is 0 Å². The number of para-hydroxylation sites is 1. The van der Waals surface area contributed by atoms with E-state index in [9.17, 15) is 0 Å². The number of nitrogen functional groups attached to an aromatic ring is 1. The predicted molar refractivity (Wildman–Crippen MR) is 66.0 cm³/mol. The second kappa shape index (κ2) is 3.76. The molecule has 0 radical (unpaired) electrons. The highest BCUT2D eigenvalue weighted by atomic mass is 14.9. The van der Waals surface area contributed by atoms with Crippen molar-refractivity contribution >= 4 is 16.7 Å². The van der Waals surface area contributed by atoms with Crippen LogP contribution in [0.5, 0.6) is 0 Å². The van der Waals surface area contributed by atoms with Crippen LogP contribution in [-0.2, 0) is 6.54 Å². The Balaban J connectivity index is 1.99. The van der Waals surface area contributed by atoms with Gasteiger partial charge in [0.25, 0.3) is 0 Å². The minimum absolute atomic E-state index is 0.603. The van der Waals surface area contributed by atoms with Gasteiger partial charge in [0.1, 0.15) is 5.82 Å². The fraction of sp³-hybridized carbons (Fsp3) is 0.308. The summed E-state index contributed by atoms with van der Waals surface area (Å²) in [6, 6.07) is 10.8. The van der Waals surface area contributed by atoms with Crippen LogP contribution in [0.4, 0.5) is 5.82 Å². The highest BCUT2D eigenvalue weighted by Crippen LogP contribution is 2.22. The van der Waals surface area contributed by atoms with E-state index in [4.69, 9.17) is 5.73 Å². The van der Waals surface area contributed by atoms with Gasteiger partial charge in [-0.3, -0.25) is 0 Å². The first-order chi connectivity index (χ1) is 7.83. The Labute approximate surface area is 94.7 Å². The summed E-state index contributed by atoms with van der Waals surface area (Å²) in [5.74, 6) is 0.603. The fourth-order valence-corrected chi connectivity index (χ4v) is 1.96. The van der Waals surface area contributed by atoms with Crippen LogP contribution >= 0.6 is 0 Å². The lowest BCUT2D eigenvalue weighted by Gasteiger charge is -2.08. The first-order valence-electron chi connectivity index (χ1n) is 5.70. The molecule has 1 heterocycles. The Bertz CT molecular complexity index is 518. The van der Waals surface area contributed by atoms with Gasteiger partial charge in [0.05, 0.1) is 5.52 Å². The zero-order chi connectivity index (χ0) is 11.0. The van der Waals surface area contributed by atoms with Gasteiger partial charge in [-0.15, -0.1) is 0 Å². The third-order valence-corrected chi connectivity index (χ3v) is 2.98. The molecule has 1 aliphatic rings. The molecule has 3 N–H and O–H groups in total. The molecule has 1 aromatic carbocycles. The highest BCUT2D eigenvalue weighted by Gasteiger charge is 2.20. The van der Waals surface area contributed by atoms with Crippen LogP contribution in [0, 0.1) is 0 Å². The molecular weight excluding hydrogens is 198 g/mol. The maximum Gasteiger partial charge on any atom is 0.124 e. The maximum atomic E-state index is 5.81. The van der Waals surface area contributed by atoms with Crippen LogP contribution in [0.1, 0.15) is 18.4 Å². The Morgan fingerprint density at radius 1 is 1.31 bits per heavy atom. The highest BCUT2D eigenvalue weighted by molar-refractivity contribution is 5.83. The van der Waals surface area contributed by atoms with Crippen LogP contribution in [0.25, 0.3) is 10.9 Å². The first-order valence-corrected chi connectivity index (χ1v) is 5.70. The largest absolute Gasteiger partial charge is 0.384 e. The molecule has 3 nitrogen and oxygen atoms in total. The number of benzene rings is 1. The van der Waals surface area contributed by atoms with Gasteiger partial charge >= 0.3 is 0 Å². The lowest BCUT2D eigenvalue weighted by Crippen LogP contribution is -2.15. The second-order valence-electron chi connectivity index (χ2n) is 4.38. The Hall–Kier alpha value is -1.61. The Morgan fingerprint density at radius 2 is 2.12 bits per heavy atom. The van der Waals surface area contributed by atoms with Crippen molar-refractivity contribution in [1.29, 1.82) is 0 Å². The number of aromatic nitrogens is 1. The summed E-state index contributed by atoms with van der Waals surface area (Å²) < 4.78 is 0. The number of fused-ring (bicyclic) bond motifs is 1. The van der Waals surface area contributed by atoms with Crippen molar-refractivity contribution in [2.45, 2.75) is 25.4 Å². The molecule has 82 valence electrons. The van der Waals surface area contributed by atoms with Crippen LogP contribution in [0.3, 0.4) is 0 Å². The smallest absolute Gasteiger partial charge is 0.124 e. The monoisotopic (exact) mass is 213 g/mol. The van der Waals surface area contributed by atoms with Gasteiger partial charge in [-0.2, -0.15) is 0 Å². The molecule has 0 spiro atoms. The summed E-state index contributed by atoms with van der Waals surface area (Å²) in [6.07, 6.45) is 2.61. The second-order valence-corrected chi connectivity index (χ2v) is 4.38. The molecule has 0 bridgehead atoms. The standard InChI is InChI=1S/C13H15N3/c14-13-7-9(8-15-10-5-6-10)11-3-1-2-4-12(11)16-13/h1-4,7,10,15H,5-6,8H2,(H2,14,16). The summed E-state index contributed by atoms with van der Waals surface area (Å²) in [4.78, 5) is 4.33. The van der Waals surface area contributed by atoms with Crippen LogP contribution < -0.4 is 11.1 Å². The predicted octanol–water partition coefficient (Wildman–Crippen LogP) is 2.07. The number of pyridine rings is 1. The molecule has 0 amide bonds. The molecular formula is C13H15N3. The van der Waals surface area contributed by atoms with E-state index >= 15 is 0 Å². The zero-order valence-electron chi connectivity index (χ0n) is 9.11. The average molecular weight is 213 g/mol. The van der Waals surface area contributed by atoms with Crippen LogP contribution in [0.2, 0.25) is 0 Å². The molecule has 1 fully saturated rings. The summed E-state index contributed by atoms with van der Waals surface area (Å²) in [5, 5.41) is 4.71. The fourth-order valence-electron chi connectivity index (χ4n) is 1.96. The van der Waals surface area contributed by atoms with Gasteiger partial charge < -0.3 is 11.1 Å². The van der Waals surface area contributed by atoms with Gasteiger partial charge in [-0.05, 0) is 30.5 Å². The Kier molecular flexibility index (Phi) is 2.26. The number of hydrogen-bond donors (Lipinski definition) is 2. The number of anilines is 1. The van der Waals surface area contributed by atoms with Gasteiger partial charge in [-0.1, -0.05) is 18.2 Å². The molecule has 0 saturated heterocycles. The summed E-state index contributed by atoms with van der Waals surface area (Å²) in [6.45, 7) is 0.887. The van der Waals surface area contributed by atoms with E-state index < -0.39 is 0 Å². The van der Waals surface area contributed by atoms with E-state index in [0.29, 0.717) is 11.9 Å². The summed E-state index contributed by atoms with van der Waals surface area (Å²) in [5.41, 5.74) is 8.03. The van der Waals surface area contributed by atoms with Crippen molar-refractivity contribution in [3.8, 4) is 0 Å². The minimum atomic E-state index is 0.603. The van der Waals surface area contributed by atoms with Crippen molar-refractivity contribution in [3.05, 3.63) is 35.9 Å². The third-order valence-electron chi connectivity index (χ3n) is 2.98. The molecule has 3 rings (SSSR count). The van der Waals surface area contributed by atoms with Crippen LogP contribution in [0.15, 0.2) is 30.3 Å². The molecule has 0 aliphatic heterocycles. The number of hydrogen-bond acceptors (Lipinski definition) is 3. The van der Waals surface area contributed by atoms with Gasteiger partial charge in [0.15, 0.2) is 0 Å². The normalized spacial score (nSPS) is 15.5. The van der Waals surface area contributed by atoms with Crippen molar-refractivity contribution in [2.75, 3.05) is 5.73 Å². The molecule has 16 heavy (non-hydrogen) atoms. The average Bonchev–Trinajstić information content (AvgIpc) is 3.09. The van der Waals surface area contributed by atoms with E-state index in [1.807, 2.05) is 24.3 Å². The zero-order valence-corrected chi connectivity index (χ0v) is 9.11. The van der Waals surface area contributed by atoms with Crippen molar-refractivity contribution < 1.29 is 0 Å². The topological polar surface area (TPSA) is 50.9 Å². The van der Waals surface area contributed by atoms with E-state index in [1.54, 1.807) is 0 Å². The molecule has 0 atom stereocenters. The molecule has 3 heteroatoms. The number of nitrogens with zero attached hydrogens (tertiary/aromatic N) is 1. The third kappa shape index (κ3) is 1.86. The lowest BCUT2D eigenvalue weighted by atomic mass is 10.1. The van der Waals surface area contributed by atoms with E-state index in [-0.39, 0.29) is 0 Å². The van der Waals surface area contributed by atoms with Crippen LogP contribution in [-0.4, -0.2) is 11.0 Å². The minimum Gasteiger partial charge on any atom is -0.384 e. The van der Waals surface area contributed by atoms with Gasteiger partial charge in [0.2, 0.25) is 0 Å². The molecule has 1 aromatic heterocycles. The molecule has 0 unspecified atom stereocenters. The number of rotatable bonds is 3. The van der Waals surface area contributed by atoms with Crippen molar-refractivity contribution in [3.63, 3.8) is 0 Å². The maximum absolute atomic E-state index is 5.81. The lowest BCUT2D eigenvalue weighted by molar-refractivity contribution is 0.691. The van der Waals surface area contributed by atoms with Crippen molar-refractivity contribution in [1.82, 2.24) is 10.3 Å². The van der Waals surface area contributed by atoms with E-state index in [2.05, 4.69) is 16.4 Å². The van der Waals surface area contributed by atoms with E-state index in [1.165, 1.54) is 23.8 Å². The van der Waals surface area contributed by atoms with E-state index in [0.717, 1.165) is 12.1 Å². The molecule has 1 saturated carbocycles. The molecule has 2 aromatic rings. The summed E-state index contributed by atoms with van der Waals surface area (Å²) in [7, 11) is 0. The van der Waals surface area contributed by atoms with Gasteiger partial charge in [0, 0.05) is 18.0 Å². The number of nitrogens with one attached hydrogen (secondary N) is 1. The quantitative estimate of drug-likeness (QED) is 0.820.